The zero-order valence-electron chi connectivity index (χ0n) is 17.8. The average Bonchev–Trinajstić information content (AvgIpc) is 3.22. The number of aliphatic imine (C=N–C) groups is 1. The fourth-order valence-electron chi connectivity index (χ4n) is 3.16. The van der Waals surface area contributed by atoms with E-state index in [2.05, 4.69) is 17.0 Å². The Bertz CT molecular complexity index is 1100. The summed E-state index contributed by atoms with van der Waals surface area (Å²) in [4.78, 5) is 16.7. The first-order valence-corrected chi connectivity index (χ1v) is 11.4. The molecule has 8 heteroatoms. The van der Waals surface area contributed by atoms with Crippen LogP contribution >= 0.6 is 11.8 Å². The van der Waals surface area contributed by atoms with Gasteiger partial charge in [-0.2, -0.15) is 15.1 Å². The summed E-state index contributed by atoms with van der Waals surface area (Å²) < 4.78 is 11.4. The molecule has 1 N–H and O–H groups in total. The van der Waals surface area contributed by atoms with Crippen LogP contribution in [-0.2, 0) is 4.79 Å². The van der Waals surface area contributed by atoms with Crippen molar-refractivity contribution < 1.29 is 14.3 Å². The Balaban J connectivity index is 1.41. The molecule has 7 nitrogen and oxygen atoms in total. The maximum atomic E-state index is 12.6. The third-order valence-corrected chi connectivity index (χ3v) is 5.74. The summed E-state index contributed by atoms with van der Waals surface area (Å²) in [6.07, 6.45) is 4.55. The van der Waals surface area contributed by atoms with E-state index in [-0.39, 0.29) is 11.4 Å². The number of fused-ring (bicyclic) bond motifs is 1. The lowest BCUT2D eigenvalue weighted by Crippen LogP contribution is -2.35. The number of carbonyl (C=O) groups excluding carboxylic acids is 1. The number of benzene rings is 2. The van der Waals surface area contributed by atoms with Gasteiger partial charge in [-0.3, -0.25) is 10.2 Å². The van der Waals surface area contributed by atoms with Crippen LogP contribution in [0.25, 0.3) is 6.08 Å². The highest BCUT2D eigenvalue weighted by Gasteiger charge is 2.35. The van der Waals surface area contributed by atoms with Crippen molar-refractivity contribution in [2.24, 2.45) is 10.1 Å². The summed E-state index contributed by atoms with van der Waals surface area (Å²) in [6, 6.07) is 16.9. The molecule has 0 radical (unpaired) electrons. The van der Waals surface area contributed by atoms with Crippen LogP contribution in [0.4, 0.5) is 0 Å². The quantitative estimate of drug-likeness (QED) is 0.433. The first kappa shape index (κ1) is 21.8. The number of nitrogens with one attached hydrogen (secondary N) is 1. The summed E-state index contributed by atoms with van der Waals surface area (Å²) in [5.41, 5.74) is 0.958. The predicted molar refractivity (Wildman–Crippen MR) is 128 cm³/mol. The minimum atomic E-state index is -0.428. The molecule has 2 heterocycles. The molecule has 4 rings (SSSR count). The van der Waals surface area contributed by atoms with Crippen LogP contribution in [0.5, 0.6) is 11.5 Å². The average molecular weight is 449 g/mol. The molecule has 164 valence electrons. The van der Waals surface area contributed by atoms with Gasteiger partial charge in [0.25, 0.3) is 5.91 Å². The predicted octanol–water partition coefficient (Wildman–Crippen LogP) is 4.95. The van der Waals surface area contributed by atoms with Gasteiger partial charge in [0.15, 0.2) is 5.84 Å². The molecule has 0 aromatic heterocycles. The number of hydrazone groups is 1. The SMILES string of the molecule is CCCCC1=NN2C(=N)C(=Cc3cccc(OCCOc4ccccc4)c3)C(=O)N=C2S1. The van der Waals surface area contributed by atoms with Gasteiger partial charge in [0.2, 0.25) is 5.17 Å². The molecular weight excluding hydrogens is 424 g/mol. The first-order chi connectivity index (χ1) is 15.6. The van der Waals surface area contributed by atoms with Gasteiger partial charge in [-0.25, -0.2) is 0 Å². The molecular formula is C24H24N4O3S. The van der Waals surface area contributed by atoms with Crippen molar-refractivity contribution in [2.75, 3.05) is 13.2 Å². The van der Waals surface area contributed by atoms with E-state index in [0.717, 1.165) is 35.6 Å². The lowest BCUT2D eigenvalue weighted by atomic mass is 10.1. The summed E-state index contributed by atoms with van der Waals surface area (Å²) in [5, 5.41) is 15.7. The minimum Gasteiger partial charge on any atom is -0.490 e. The Morgan fingerprint density at radius 1 is 1.06 bits per heavy atom. The molecule has 0 aliphatic carbocycles. The molecule has 0 fully saturated rings. The van der Waals surface area contributed by atoms with E-state index in [1.807, 2.05) is 54.6 Å². The molecule has 0 saturated heterocycles. The molecule has 0 bridgehead atoms. The molecule has 2 aliphatic heterocycles. The van der Waals surface area contributed by atoms with E-state index in [1.54, 1.807) is 6.08 Å². The van der Waals surface area contributed by atoms with Gasteiger partial charge in [-0.15, -0.1) is 0 Å². The Hall–Kier alpha value is -3.39. The van der Waals surface area contributed by atoms with Gasteiger partial charge in [-0.1, -0.05) is 43.7 Å². The second-order valence-electron chi connectivity index (χ2n) is 7.20. The summed E-state index contributed by atoms with van der Waals surface area (Å²) >= 11 is 1.37. The molecule has 32 heavy (non-hydrogen) atoms. The number of rotatable bonds is 9. The van der Waals surface area contributed by atoms with Crippen molar-refractivity contribution >= 4 is 39.8 Å². The third-order valence-electron chi connectivity index (χ3n) is 4.77. The Morgan fingerprint density at radius 2 is 1.81 bits per heavy atom. The van der Waals surface area contributed by atoms with Crippen LogP contribution in [0.3, 0.4) is 0 Å². The van der Waals surface area contributed by atoms with Crippen LogP contribution in [0.1, 0.15) is 31.7 Å². The number of thioether (sulfide) groups is 1. The maximum Gasteiger partial charge on any atom is 0.283 e. The lowest BCUT2D eigenvalue weighted by Gasteiger charge is -2.20. The van der Waals surface area contributed by atoms with Gasteiger partial charge in [0.1, 0.15) is 29.8 Å². The van der Waals surface area contributed by atoms with Gasteiger partial charge >= 0.3 is 0 Å². The maximum absolute atomic E-state index is 12.6. The van der Waals surface area contributed by atoms with Crippen molar-refractivity contribution in [3.8, 4) is 11.5 Å². The monoisotopic (exact) mass is 448 g/mol. The van der Waals surface area contributed by atoms with E-state index in [9.17, 15) is 4.79 Å². The van der Waals surface area contributed by atoms with Crippen LogP contribution in [0.2, 0.25) is 0 Å². The summed E-state index contributed by atoms with van der Waals surface area (Å²) in [7, 11) is 0. The van der Waals surface area contributed by atoms with Gasteiger partial charge in [-0.05, 0) is 60.5 Å². The molecule has 0 saturated carbocycles. The third kappa shape index (κ3) is 5.26. The number of hydrogen-bond acceptors (Lipinski definition) is 6. The van der Waals surface area contributed by atoms with E-state index < -0.39 is 5.91 Å². The van der Waals surface area contributed by atoms with E-state index >= 15 is 0 Å². The standard InChI is InChI=1S/C24H24N4O3S/c1-2-3-12-21-27-28-22(25)20(23(29)26-24(28)32-21)16-17-8-7-11-19(15-17)31-14-13-30-18-9-5-4-6-10-18/h4-11,15-16,25H,2-3,12-14H2,1H3. The van der Waals surface area contributed by atoms with Crippen LogP contribution < -0.4 is 9.47 Å². The highest BCUT2D eigenvalue weighted by molar-refractivity contribution is 8.26. The van der Waals surface area contributed by atoms with Gasteiger partial charge in [0.05, 0.1) is 5.57 Å². The Kier molecular flexibility index (Phi) is 7.01. The van der Waals surface area contributed by atoms with Crippen LogP contribution in [0, 0.1) is 5.41 Å². The Labute approximate surface area is 191 Å². The lowest BCUT2D eigenvalue weighted by molar-refractivity contribution is -0.114. The van der Waals surface area contributed by atoms with E-state index in [1.165, 1.54) is 16.8 Å². The number of amides is 1. The fraction of sp³-hybridized carbons (Fsp3) is 0.250. The van der Waals surface area contributed by atoms with Crippen LogP contribution in [-0.4, -0.2) is 40.2 Å². The van der Waals surface area contributed by atoms with Crippen molar-refractivity contribution in [3.63, 3.8) is 0 Å². The molecule has 2 aromatic rings. The number of carbonyl (C=O) groups is 1. The number of para-hydroxylation sites is 1. The van der Waals surface area contributed by atoms with E-state index in [4.69, 9.17) is 14.9 Å². The number of amidine groups is 2. The summed E-state index contributed by atoms with van der Waals surface area (Å²) in [6.45, 7) is 2.92. The molecule has 0 unspecified atom stereocenters. The minimum absolute atomic E-state index is 0.0431. The Morgan fingerprint density at radius 3 is 2.59 bits per heavy atom. The second-order valence-corrected chi connectivity index (χ2v) is 8.24. The zero-order valence-corrected chi connectivity index (χ0v) is 18.6. The van der Waals surface area contributed by atoms with Gasteiger partial charge in [0, 0.05) is 0 Å². The number of unbranched alkanes of at least 4 members (excludes halogenated alkanes) is 1. The number of ether oxygens (including phenoxy) is 2. The highest BCUT2D eigenvalue weighted by atomic mass is 32.2. The topological polar surface area (TPSA) is 87.3 Å². The van der Waals surface area contributed by atoms with Crippen molar-refractivity contribution in [1.82, 2.24) is 5.01 Å². The van der Waals surface area contributed by atoms with Crippen molar-refractivity contribution in [3.05, 3.63) is 65.7 Å². The molecule has 0 atom stereocenters. The van der Waals surface area contributed by atoms with Gasteiger partial charge < -0.3 is 9.47 Å². The fourth-order valence-corrected chi connectivity index (χ4v) is 4.08. The molecule has 1 amide bonds. The van der Waals surface area contributed by atoms with E-state index in [0.29, 0.717) is 24.1 Å². The molecule has 0 spiro atoms. The second kappa shape index (κ2) is 10.3. The highest BCUT2D eigenvalue weighted by Crippen LogP contribution is 2.30. The number of nitrogens with zero attached hydrogens (tertiary/aromatic N) is 3. The van der Waals surface area contributed by atoms with Crippen molar-refractivity contribution in [1.29, 1.82) is 5.41 Å². The molecule has 2 aromatic carbocycles. The molecule has 2 aliphatic rings. The van der Waals surface area contributed by atoms with Crippen LogP contribution in [0.15, 0.2) is 70.3 Å². The normalized spacial score (nSPS) is 16.7. The largest absolute Gasteiger partial charge is 0.490 e. The smallest absolute Gasteiger partial charge is 0.283 e. The summed E-state index contributed by atoms with van der Waals surface area (Å²) in [5.74, 6) is 1.07. The van der Waals surface area contributed by atoms with Crippen molar-refractivity contribution in [2.45, 2.75) is 26.2 Å². The number of hydrogen-bond donors (Lipinski definition) is 1. The zero-order chi connectivity index (χ0) is 22.3. The first-order valence-electron chi connectivity index (χ1n) is 10.5.